The second-order valence-electron chi connectivity index (χ2n) is 5.77. The molecule has 2 aromatic carbocycles. The summed E-state index contributed by atoms with van der Waals surface area (Å²) in [6.07, 6.45) is 3.09. The number of aromatic nitrogens is 1. The molecular weight excluding hydrogens is 288 g/mol. The summed E-state index contributed by atoms with van der Waals surface area (Å²) in [5, 5.41) is 2.19. The molecule has 0 radical (unpaired) electrons. The van der Waals surface area contributed by atoms with Crippen LogP contribution in [0.15, 0.2) is 47.3 Å². The largest absolute Gasteiger partial charge is 0.366 e. The lowest BCUT2D eigenvalue weighted by Crippen LogP contribution is -2.22. The summed E-state index contributed by atoms with van der Waals surface area (Å²) < 4.78 is 1.78. The quantitative estimate of drug-likeness (QED) is 0.579. The highest BCUT2D eigenvalue weighted by Gasteiger charge is 2.15. The van der Waals surface area contributed by atoms with Gasteiger partial charge in [-0.1, -0.05) is 44.0 Å². The molecule has 2 N–H and O–H groups in total. The minimum Gasteiger partial charge on any atom is -0.366 e. The van der Waals surface area contributed by atoms with Gasteiger partial charge in [0.2, 0.25) is 5.91 Å². The van der Waals surface area contributed by atoms with Crippen LogP contribution in [-0.4, -0.2) is 10.5 Å². The number of nitrogens with two attached hydrogens (primary N) is 1. The number of hydrogen-bond acceptors (Lipinski definition) is 2. The van der Waals surface area contributed by atoms with Gasteiger partial charge in [0.25, 0.3) is 5.56 Å². The van der Waals surface area contributed by atoms with E-state index in [1.807, 2.05) is 30.3 Å². The Hall–Kier alpha value is -2.62. The van der Waals surface area contributed by atoms with E-state index in [2.05, 4.69) is 6.92 Å². The molecule has 4 nitrogen and oxygen atoms in total. The molecule has 0 fully saturated rings. The Morgan fingerprint density at radius 3 is 2.48 bits per heavy atom. The minimum absolute atomic E-state index is 0.00850. The Bertz CT molecular complexity index is 941. The Morgan fingerprint density at radius 1 is 1.04 bits per heavy atom. The lowest BCUT2D eigenvalue weighted by Gasteiger charge is -2.14. The van der Waals surface area contributed by atoms with Crippen molar-refractivity contribution >= 4 is 27.6 Å². The van der Waals surface area contributed by atoms with Crippen LogP contribution < -0.4 is 11.3 Å². The van der Waals surface area contributed by atoms with E-state index in [0.29, 0.717) is 17.5 Å². The number of hydrogen-bond donors (Lipinski definition) is 1. The van der Waals surface area contributed by atoms with Gasteiger partial charge in [-0.2, -0.15) is 0 Å². The highest BCUT2D eigenvalue weighted by atomic mass is 16.1. The molecule has 0 unspecified atom stereocenters. The first-order chi connectivity index (χ1) is 11.1. The van der Waals surface area contributed by atoms with Gasteiger partial charge in [0.05, 0.1) is 5.52 Å². The summed E-state index contributed by atoms with van der Waals surface area (Å²) in [5.41, 5.74) is 6.79. The first-order valence-electron chi connectivity index (χ1n) is 7.99. The fraction of sp³-hybridized carbons (Fsp3) is 0.263. The van der Waals surface area contributed by atoms with E-state index in [4.69, 9.17) is 5.73 Å². The van der Waals surface area contributed by atoms with Crippen molar-refractivity contribution in [1.29, 1.82) is 0 Å². The van der Waals surface area contributed by atoms with Crippen molar-refractivity contribution in [2.45, 2.75) is 32.7 Å². The van der Waals surface area contributed by atoms with Gasteiger partial charge < -0.3 is 10.3 Å². The fourth-order valence-electron chi connectivity index (χ4n) is 3.14. The molecule has 0 atom stereocenters. The molecule has 0 aliphatic rings. The zero-order chi connectivity index (χ0) is 16.4. The van der Waals surface area contributed by atoms with Crippen LogP contribution in [0.3, 0.4) is 0 Å². The number of pyridine rings is 1. The molecule has 0 bridgehead atoms. The van der Waals surface area contributed by atoms with E-state index in [1.54, 1.807) is 16.7 Å². The van der Waals surface area contributed by atoms with E-state index in [9.17, 15) is 9.59 Å². The lowest BCUT2D eigenvalue weighted by molar-refractivity contribution is 0.100. The lowest BCUT2D eigenvalue weighted by atomic mass is 10.0. The molecule has 1 heterocycles. The third kappa shape index (κ3) is 2.61. The highest BCUT2D eigenvalue weighted by molar-refractivity contribution is 6.16. The number of nitrogens with zero attached hydrogens (tertiary/aromatic N) is 1. The molecule has 3 aromatic rings. The number of aryl methyl sites for hydroxylation is 1. The van der Waals surface area contributed by atoms with Gasteiger partial charge in [0, 0.05) is 22.9 Å². The van der Waals surface area contributed by atoms with Gasteiger partial charge in [-0.3, -0.25) is 9.59 Å². The Balaban J connectivity index is 2.41. The van der Waals surface area contributed by atoms with Crippen LogP contribution in [0.2, 0.25) is 0 Å². The van der Waals surface area contributed by atoms with Crippen LogP contribution in [0.5, 0.6) is 0 Å². The minimum atomic E-state index is -0.473. The van der Waals surface area contributed by atoms with Crippen molar-refractivity contribution < 1.29 is 4.79 Å². The maximum absolute atomic E-state index is 12.9. The molecule has 0 saturated heterocycles. The third-order valence-corrected chi connectivity index (χ3v) is 4.26. The molecule has 3 rings (SSSR count). The van der Waals surface area contributed by atoms with E-state index in [-0.39, 0.29) is 5.56 Å². The number of amides is 1. The summed E-state index contributed by atoms with van der Waals surface area (Å²) >= 11 is 0. The second-order valence-corrected chi connectivity index (χ2v) is 5.77. The van der Waals surface area contributed by atoms with Gasteiger partial charge in [0.1, 0.15) is 0 Å². The molecule has 0 aliphatic heterocycles. The monoisotopic (exact) mass is 308 g/mol. The number of carbonyl (C=O) groups is 1. The van der Waals surface area contributed by atoms with Crippen LogP contribution in [0.1, 0.15) is 36.5 Å². The van der Waals surface area contributed by atoms with Gasteiger partial charge in [-0.25, -0.2) is 0 Å². The van der Waals surface area contributed by atoms with E-state index >= 15 is 0 Å². The predicted molar refractivity (Wildman–Crippen MR) is 93.8 cm³/mol. The van der Waals surface area contributed by atoms with Gasteiger partial charge in [0.15, 0.2) is 0 Å². The summed E-state index contributed by atoms with van der Waals surface area (Å²) in [6, 6.07) is 12.8. The van der Waals surface area contributed by atoms with E-state index in [0.717, 1.165) is 35.6 Å². The number of carbonyl (C=O) groups excluding carboxylic acids is 1. The Kier molecular flexibility index (Phi) is 4.15. The molecule has 0 spiro atoms. The molecule has 1 aromatic heterocycles. The third-order valence-electron chi connectivity index (χ3n) is 4.26. The average Bonchev–Trinajstić information content (AvgIpc) is 2.57. The van der Waals surface area contributed by atoms with Gasteiger partial charge in [-0.05, 0) is 30.0 Å². The average molecular weight is 308 g/mol. The Morgan fingerprint density at radius 2 is 1.78 bits per heavy atom. The topological polar surface area (TPSA) is 65.1 Å². The summed E-state index contributed by atoms with van der Waals surface area (Å²) in [7, 11) is 0. The number of primary amides is 1. The smallest absolute Gasteiger partial charge is 0.258 e. The fourth-order valence-corrected chi connectivity index (χ4v) is 3.14. The molecule has 0 aliphatic carbocycles. The summed E-state index contributed by atoms with van der Waals surface area (Å²) in [4.78, 5) is 24.7. The number of unbranched alkanes of at least 4 members (excludes halogenated alkanes) is 2. The number of rotatable bonds is 5. The normalized spacial score (nSPS) is 11.2. The Labute approximate surface area is 134 Å². The van der Waals surface area contributed by atoms with Crippen molar-refractivity contribution in [3.63, 3.8) is 0 Å². The number of fused-ring (bicyclic) bond motifs is 3. The van der Waals surface area contributed by atoms with Crippen LogP contribution >= 0.6 is 0 Å². The predicted octanol–water partition coefficient (Wildman–Crippen LogP) is 3.44. The van der Waals surface area contributed by atoms with E-state index < -0.39 is 5.91 Å². The van der Waals surface area contributed by atoms with Crippen molar-refractivity contribution in [2.75, 3.05) is 0 Å². The van der Waals surface area contributed by atoms with Crippen LogP contribution in [0.25, 0.3) is 21.7 Å². The molecule has 23 heavy (non-hydrogen) atoms. The van der Waals surface area contributed by atoms with Crippen molar-refractivity contribution in [3.05, 3.63) is 58.4 Å². The molecule has 0 saturated carbocycles. The van der Waals surface area contributed by atoms with Crippen molar-refractivity contribution in [3.8, 4) is 0 Å². The van der Waals surface area contributed by atoms with Crippen molar-refractivity contribution in [1.82, 2.24) is 4.57 Å². The van der Waals surface area contributed by atoms with Gasteiger partial charge in [-0.15, -0.1) is 0 Å². The SMILES string of the molecule is CCCCCn1c(=O)c2ccccc2c2c(C(N)=O)cccc21. The summed E-state index contributed by atoms with van der Waals surface area (Å²) in [6.45, 7) is 2.78. The zero-order valence-corrected chi connectivity index (χ0v) is 13.2. The standard InChI is InChI=1S/C19H20N2O2/c1-2-3-6-12-21-16-11-7-10-15(18(20)22)17(16)13-8-4-5-9-14(13)19(21)23/h4-5,7-11H,2-3,6,12H2,1H3,(H2,20,22). The molecular formula is C19H20N2O2. The molecule has 4 heteroatoms. The van der Waals surface area contributed by atoms with E-state index in [1.165, 1.54) is 0 Å². The van der Waals surface area contributed by atoms with Gasteiger partial charge >= 0.3 is 0 Å². The van der Waals surface area contributed by atoms with Crippen molar-refractivity contribution in [2.24, 2.45) is 5.73 Å². The van der Waals surface area contributed by atoms with Crippen LogP contribution in [-0.2, 0) is 6.54 Å². The maximum atomic E-state index is 12.9. The maximum Gasteiger partial charge on any atom is 0.258 e. The summed E-state index contributed by atoms with van der Waals surface area (Å²) in [5.74, 6) is -0.473. The first-order valence-corrected chi connectivity index (χ1v) is 7.99. The number of benzene rings is 2. The first kappa shape index (κ1) is 15.3. The molecule has 118 valence electrons. The molecule has 1 amide bonds. The zero-order valence-electron chi connectivity index (χ0n) is 13.2. The van der Waals surface area contributed by atoms with Crippen LogP contribution in [0, 0.1) is 0 Å². The highest BCUT2D eigenvalue weighted by Crippen LogP contribution is 2.26. The second kappa shape index (κ2) is 6.24. The van der Waals surface area contributed by atoms with Crippen LogP contribution in [0.4, 0.5) is 0 Å².